The summed E-state index contributed by atoms with van der Waals surface area (Å²) in [7, 11) is -2.52. The Labute approximate surface area is 170 Å². The van der Waals surface area contributed by atoms with Gasteiger partial charge in [0.25, 0.3) is 7.57 Å². The van der Waals surface area contributed by atoms with Gasteiger partial charge in [-0.1, -0.05) is 79.6 Å². The van der Waals surface area contributed by atoms with E-state index in [9.17, 15) is 0 Å². The van der Waals surface area contributed by atoms with Gasteiger partial charge in [-0.2, -0.15) is 0 Å². The molecule has 0 aliphatic heterocycles. The maximum atomic E-state index is 6.00. The number of alkyl halides is 5. The monoisotopic (exact) mass is 640 g/mol. The van der Waals surface area contributed by atoms with Gasteiger partial charge in [-0.15, -0.1) is 0 Å². The van der Waals surface area contributed by atoms with E-state index in [1.807, 2.05) is 0 Å². The maximum Gasteiger partial charge on any atom is 0.250 e. The molecule has 0 radical (unpaired) electrons. The van der Waals surface area contributed by atoms with Crippen LogP contribution in [0.15, 0.2) is 0 Å². The summed E-state index contributed by atoms with van der Waals surface area (Å²) in [5.74, 6) is 0. The predicted molar refractivity (Wildman–Crippen MR) is 113 cm³/mol. The standard InChI is InChI=1S/C12H22Br5O3P/c1-21(18-6-2-4-13,19-7-3-5-14)20-11-12(8-15,9-16)10-17/h1-11H2. The molecule has 0 rings (SSSR count). The SMILES string of the molecule is C=P(OCCCBr)(OCCCBr)OCC(CBr)(CBr)CBr. The van der Waals surface area contributed by atoms with Crippen LogP contribution in [0.25, 0.3) is 0 Å². The molecule has 0 unspecified atom stereocenters. The van der Waals surface area contributed by atoms with Gasteiger partial charge in [0.05, 0.1) is 19.8 Å². The van der Waals surface area contributed by atoms with E-state index < -0.39 is 7.57 Å². The lowest BCUT2D eigenvalue weighted by Gasteiger charge is -2.32. The molecule has 0 N–H and O–H groups in total. The van der Waals surface area contributed by atoms with Crippen molar-refractivity contribution in [1.29, 1.82) is 0 Å². The van der Waals surface area contributed by atoms with Crippen LogP contribution in [0, 0.1) is 5.41 Å². The Morgan fingerprint density at radius 3 is 1.52 bits per heavy atom. The molecule has 0 spiro atoms. The Kier molecular flexibility index (Phi) is 15.5. The summed E-state index contributed by atoms with van der Waals surface area (Å²) in [5, 5.41) is 4.24. The fraction of sp³-hybridized carbons (Fsp3) is 0.917. The van der Waals surface area contributed by atoms with Crippen molar-refractivity contribution in [3.63, 3.8) is 0 Å². The normalized spacial score (nSPS) is 12.8. The Morgan fingerprint density at radius 1 is 0.762 bits per heavy atom. The topological polar surface area (TPSA) is 27.7 Å². The minimum atomic E-state index is -2.52. The third-order valence-corrected chi connectivity index (χ3v) is 8.91. The van der Waals surface area contributed by atoms with E-state index in [4.69, 9.17) is 13.6 Å². The molecular formula is C12H22Br5O3P. The van der Waals surface area contributed by atoms with Crippen LogP contribution in [0.3, 0.4) is 0 Å². The highest BCUT2D eigenvalue weighted by atomic mass is 79.9. The smallest absolute Gasteiger partial charge is 0.250 e. The third kappa shape index (κ3) is 10.2. The van der Waals surface area contributed by atoms with Crippen molar-refractivity contribution >= 4 is 93.5 Å². The summed E-state index contributed by atoms with van der Waals surface area (Å²) in [6.07, 6.45) is 5.90. The Bertz CT molecular complexity index is 280. The Balaban J connectivity index is 4.60. The molecule has 0 aliphatic rings. The zero-order valence-corrected chi connectivity index (χ0v) is 20.7. The van der Waals surface area contributed by atoms with E-state index in [0.717, 1.165) is 39.5 Å². The van der Waals surface area contributed by atoms with E-state index in [2.05, 4.69) is 85.9 Å². The van der Waals surface area contributed by atoms with Crippen LogP contribution < -0.4 is 0 Å². The predicted octanol–water partition coefficient (Wildman–Crippen LogP) is 5.97. The first-order chi connectivity index (χ1) is 10.0. The summed E-state index contributed by atoms with van der Waals surface area (Å²) < 4.78 is 17.6. The van der Waals surface area contributed by atoms with E-state index >= 15 is 0 Å². The summed E-state index contributed by atoms with van der Waals surface area (Å²) >= 11 is 17.4. The molecule has 3 nitrogen and oxygen atoms in total. The maximum absolute atomic E-state index is 6.00. The first kappa shape index (κ1) is 23.6. The zero-order chi connectivity index (χ0) is 16.2. The molecular weight excluding hydrogens is 623 g/mol. The largest absolute Gasteiger partial charge is 0.317 e. The minimum absolute atomic E-state index is 0.0412. The molecule has 0 bridgehead atoms. The Morgan fingerprint density at radius 2 is 1.19 bits per heavy atom. The summed E-state index contributed by atoms with van der Waals surface area (Å²) in [5.41, 5.74) is -0.0412. The second kappa shape index (κ2) is 13.8. The average Bonchev–Trinajstić information content (AvgIpc) is 2.50. The zero-order valence-electron chi connectivity index (χ0n) is 11.8. The summed E-state index contributed by atoms with van der Waals surface area (Å²) in [6.45, 7) is 1.69. The highest BCUT2D eigenvalue weighted by Gasteiger charge is 2.30. The quantitative estimate of drug-likeness (QED) is 0.133. The number of hydrogen-bond acceptors (Lipinski definition) is 3. The van der Waals surface area contributed by atoms with Gasteiger partial charge in [-0.25, -0.2) is 0 Å². The van der Waals surface area contributed by atoms with Gasteiger partial charge in [-0.3, -0.25) is 0 Å². The van der Waals surface area contributed by atoms with Gasteiger partial charge in [0, 0.05) is 32.1 Å². The van der Waals surface area contributed by atoms with Crippen molar-refractivity contribution in [2.75, 3.05) is 46.5 Å². The lowest BCUT2D eigenvalue weighted by Crippen LogP contribution is -2.32. The van der Waals surface area contributed by atoms with Gasteiger partial charge in [0.2, 0.25) is 0 Å². The highest BCUT2D eigenvalue weighted by molar-refractivity contribution is 9.10. The fourth-order valence-electron chi connectivity index (χ4n) is 1.09. The van der Waals surface area contributed by atoms with Crippen LogP contribution in [0.5, 0.6) is 0 Å². The molecule has 128 valence electrons. The van der Waals surface area contributed by atoms with E-state index in [-0.39, 0.29) is 5.41 Å². The fourth-order valence-corrected chi connectivity index (χ4v) is 6.32. The van der Waals surface area contributed by atoms with Gasteiger partial charge in [0.1, 0.15) is 0 Å². The second-order valence-electron chi connectivity index (χ2n) is 4.54. The van der Waals surface area contributed by atoms with E-state index in [1.165, 1.54) is 0 Å². The van der Waals surface area contributed by atoms with Crippen molar-refractivity contribution < 1.29 is 13.6 Å². The molecule has 0 saturated carbocycles. The van der Waals surface area contributed by atoms with Crippen LogP contribution in [-0.4, -0.2) is 52.8 Å². The van der Waals surface area contributed by atoms with Crippen LogP contribution >= 0.6 is 87.2 Å². The van der Waals surface area contributed by atoms with Gasteiger partial charge in [0.15, 0.2) is 0 Å². The molecule has 0 amide bonds. The van der Waals surface area contributed by atoms with Crippen LogP contribution in [0.2, 0.25) is 0 Å². The highest BCUT2D eigenvalue weighted by Crippen LogP contribution is 2.50. The van der Waals surface area contributed by atoms with Crippen molar-refractivity contribution in [2.24, 2.45) is 5.41 Å². The van der Waals surface area contributed by atoms with Gasteiger partial charge < -0.3 is 13.6 Å². The van der Waals surface area contributed by atoms with Crippen molar-refractivity contribution in [3.05, 3.63) is 0 Å². The van der Waals surface area contributed by atoms with Crippen LogP contribution in [0.1, 0.15) is 12.8 Å². The number of hydrogen-bond donors (Lipinski definition) is 0. The molecule has 0 aromatic carbocycles. The van der Waals surface area contributed by atoms with Crippen molar-refractivity contribution in [1.82, 2.24) is 0 Å². The molecule has 0 aliphatic carbocycles. The summed E-state index contributed by atoms with van der Waals surface area (Å²) in [4.78, 5) is 0. The molecule has 0 saturated heterocycles. The Hall–Kier alpha value is 2.58. The average molecular weight is 645 g/mol. The van der Waals surface area contributed by atoms with Crippen LogP contribution in [-0.2, 0) is 13.6 Å². The third-order valence-electron chi connectivity index (χ3n) is 2.55. The summed E-state index contributed by atoms with van der Waals surface area (Å²) in [6, 6.07) is 0. The lowest BCUT2D eigenvalue weighted by molar-refractivity contribution is 0.126. The molecule has 0 fully saturated rings. The minimum Gasteiger partial charge on any atom is -0.317 e. The second-order valence-corrected chi connectivity index (χ2v) is 9.80. The molecule has 0 aromatic rings. The lowest BCUT2D eigenvalue weighted by atomic mass is 9.98. The molecule has 21 heavy (non-hydrogen) atoms. The van der Waals surface area contributed by atoms with Gasteiger partial charge in [-0.05, 0) is 19.1 Å². The molecule has 0 aromatic heterocycles. The first-order valence-corrected chi connectivity index (χ1v) is 13.8. The molecule has 9 heteroatoms. The van der Waals surface area contributed by atoms with Crippen LogP contribution in [0.4, 0.5) is 0 Å². The number of rotatable bonds is 14. The van der Waals surface area contributed by atoms with E-state index in [1.54, 1.807) is 0 Å². The molecule has 0 atom stereocenters. The van der Waals surface area contributed by atoms with Crippen molar-refractivity contribution in [3.8, 4) is 0 Å². The number of halogens is 5. The van der Waals surface area contributed by atoms with Gasteiger partial charge >= 0.3 is 0 Å². The van der Waals surface area contributed by atoms with E-state index in [0.29, 0.717) is 19.8 Å². The molecule has 0 heterocycles. The first-order valence-electron chi connectivity index (χ1n) is 6.48. The van der Waals surface area contributed by atoms with Crippen molar-refractivity contribution in [2.45, 2.75) is 12.8 Å².